The summed E-state index contributed by atoms with van der Waals surface area (Å²) in [5.74, 6) is 0. The Labute approximate surface area is 93.5 Å². The Kier molecular flexibility index (Phi) is 5.58. The van der Waals surface area contributed by atoms with E-state index < -0.39 is 0 Å². The van der Waals surface area contributed by atoms with Crippen molar-refractivity contribution in [2.75, 3.05) is 26.9 Å². The summed E-state index contributed by atoms with van der Waals surface area (Å²) in [6.07, 6.45) is 4.90. The molecule has 15 heavy (non-hydrogen) atoms. The Morgan fingerprint density at radius 2 is 1.87 bits per heavy atom. The van der Waals surface area contributed by atoms with Crippen molar-refractivity contribution in [2.45, 2.75) is 51.2 Å². The Bertz CT molecular complexity index is 167. The first-order valence-corrected chi connectivity index (χ1v) is 6.18. The number of hydrogen-bond acceptors (Lipinski definition) is 3. The lowest BCUT2D eigenvalue weighted by Crippen LogP contribution is -2.52. The minimum Gasteiger partial charge on any atom is -0.380 e. The molecule has 1 unspecified atom stereocenters. The lowest BCUT2D eigenvalue weighted by Gasteiger charge is -2.37. The van der Waals surface area contributed by atoms with Gasteiger partial charge in [-0.2, -0.15) is 0 Å². The topological polar surface area (TPSA) is 30.5 Å². The van der Waals surface area contributed by atoms with Gasteiger partial charge in [-0.05, 0) is 33.7 Å². The Morgan fingerprint density at radius 1 is 1.20 bits per heavy atom. The zero-order chi connectivity index (χ0) is 11.1. The second-order valence-electron chi connectivity index (χ2n) is 4.21. The van der Waals surface area contributed by atoms with Crippen LogP contribution >= 0.6 is 0 Å². The van der Waals surface area contributed by atoms with Gasteiger partial charge in [-0.3, -0.25) is 0 Å². The smallest absolute Gasteiger partial charge is 0.0857 e. The van der Waals surface area contributed by atoms with Gasteiger partial charge >= 0.3 is 0 Å². The van der Waals surface area contributed by atoms with Crippen molar-refractivity contribution in [3.8, 4) is 0 Å². The molecule has 0 bridgehead atoms. The molecule has 90 valence electrons. The molecule has 1 aliphatic rings. The lowest BCUT2D eigenvalue weighted by molar-refractivity contribution is -0.0778. The summed E-state index contributed by atoms with van der Waals surface area (Å²) in [5.41, 5.74) is 0.0265. The van der Waals surface area contributed by atoms with Gasteiger partial charge in [-0.15, -0.1) is 0 Å². The first kappa shape index (κ1) is 12.9. The maximum atomic E-state index is 6.00. The van der Waals surface area contributed by atoms with Crippen molar-refractivity contribution in [1.29, 1.82) is 0 Å². The van der Waals surface area contributed by atoms with Crippen LogP contribution in [0.4, 0.5) is 0 Å². The maximum Gasteiger partial charge on any atom is 0.0857 e. The summed E-state index contributed by atoms with van der Waals surface area (Å²) in [6, 6.07) is 0.333. The number of hydrogen-bond donors (Lipinski definition) is 1. The van der Waals surface area contributed by atoms with Gasteiger partial charge in [0, 0.05) is 13.2 Å². The Hall–Kier alpha value is -0.120. The van der Waals surface area contributed by atoms with Crippen LogP contribution in [0.1, 0.15) is 39.5 Å². The molecule has 1 aliphatic carbocycles. The van der Waals surface area contributed by atoms with Crippen LogP contribution in [0.3, 0.4) is 0 Å². The van der Waals surface area contributed by atoms with E-state index in [1.165, 1.54) is 25.7 Å². The Morgan fingerprint density at radius 3 is 2.33 bits per heavy atom. The minimum absolute atomic E-state index is 0.0265. The molecule has 0 aromatic carbocycles. The first-order chi connectivity index (χ1) is 7.29. The molecule has 3 heteroatoms. The third kappa shape index (κ3) is 3.16. The second kappa shape index (κ2) is 6.46. The van der Waals surface area contributed by atoms with Gasteiger partial charge in [0.2, 0.25) is 0 Å². The molecular formula is C12H25NO2. The van der Waals surface area contributed by atoms with Crippen LogP contribution in [-0.2, 0) is 9.47 Å². The zero-order valence-corrected chi connectivity index (χ0v) is 10.3. The van der Waals surface area contributed by atoms with Crippen molar-refractivity contribution < 1.29 is 9.47 Å². The fourth-order valence-electron chi connectivity index (χ4n) is 2.59. The molecular weight excluding hydrogens is 190 g/mol. The predicted molar refractivity (Wildman–Crippen MR) is 62.2 cm³/mol. The number of rotatable bonds is 7. The highest BCUT2D eigenvalue weighted by molar-refractivity contribution is 4.96. The van der Waals surface area contributed by atoms with Crippen molar-refractivity contribution in [3.05, 3.63) is 0 Å². The minimum atomic E-state index is 0.0265. The molecule has 0 aromatic rings. The molecule has 0 saturated heterocycles. The summed E-state index contributed by atoms with van der Waals surface area (Å²) >= 11 is 0. The Balaban J connectivity index is 2.58. The molecule has 0 aliphatic heterocycles. The van der Waals surface area contributed by atoms with Crippen LogP contribution in [0.5, 0.6) is 0 Å². The van der Waals surface area contributed by atoms with Crippen molar-refractivity contribution in [2.24, 2.45) is 0 Å². The average molecular weight is 215 g/mol. The van der Waals surface area contributed by atoms with Crippen molar-refractivity contribution >= 4 is 0 Å². The van der Waals surface area contributed by atoms with Gasteiger partial charge in [-0.25, -0.2) is 0 Å². The van der Waals surface area contributed by atoms with Gasteiger partial charge in [0.1, 0.15) is 0 Å². The van der Waals surface area contributed by atoms with Gasteiger partial charge in [-0.1, -0.05) is 12.8 Å². The summed E-state index contributed by atoms with van der Waals surface area (Å²) in [7, 11) is 2.00. The van der Waals surface area contributed by atoms with Crippen molar-refractivity contribution in [1.82, 2.24) is 5.32 Å². The quantitative estimate of drug-likeness (QED) is 0.704. The standard InChI is InChI=1S/C12H25NO2/c1-4-14-10-11(13-3)12(15-5-2)8-6-7-9-12/h11,13H,4-10H2,1-3H3. The van der Waals surface area contributed by atoms with E-state index in [0.29, 0.717) is 6.04 Å². The lowest BCUT2D eigenvalue weighted by atomic mass is 9.92. The summed E-state index contributed by atoms with van der Waals surface area (Å²) in [4.78, 5) is 0. The second-order valence-corrected chi connectivity index (χ2v) is 4.21. The maximum absolute atomic E-state index is 6.00. The number of ether oxygens (including phenoxy) is 2. The molecule has 1 saturated carbocycles. The third-order valence-corrected chi connectivity index (χ3v) is 3.35. The van der Waals surface area contributed by atoms with E-state index in [-0.39, 0.29) is 5.60 Å². The highest BCUT2D eigenvalue weighted by atomic mass is 16.5. The first-order valence-electron chi connectivity index (χ1n) is 6.18. The van der Waals surface area contributed by atoms with Crippen LogP contribution in [0, 0.1) is 0 Å². The van der Waals surface area contributed by atoms with Gasteiger partial charge in [0.25, 0.3) is 0 Å². The monoisotopic (exact) mass is 215 g/mol. The van der Waals surface area contributed by atoms with E-state index in [1.807, 2.05) is 14.0 Å². The molecule has 1 N–H and O–H groups in total. The van der Waals surface area contributed by atoms with Crippen LogP contribution in [0.15, 0.2) is 0 Å². The van der Waals surface area contributed by atoms with Crippen LogP contribution < -0.4 is 5.32 Å². The SMILES string of the molecule is CCOCC(NC)C1(OCC)CCCC1. The molecule has 1 atom stereocenters. The highest BCUT2D eigenvalue weighted by Gasteiger charge is 2.41. The summed E-state index contributed by atoms with van der Waals surface area (Å²) in [5, 5.41) is 3.35. The van der Waals surface area contributed by atoms with Gasteiger partial charge < -0.3 is 14.8 Å². The molecule has 3 nitrogen and oxygen atoms in total. The fourth-order valence-corrected chi connectivity index (χ4v) is 2.59. The van der Waals surface area contributed by atoms with E-state index >= 15 is 0 Å². The molecule has 0 heterocycles. The predicted octanol–water partition coefficient (Wildman–Crippen LogP) is 1.96. The fraction of sp³-hybridized carbons (Fsp3) is 1.00. The average Bonchev–Trinajstić information content (AvgIpc) is 2.69. The molecule has 1 fully saturated rings. The van der Waals surface area contributed by atoms with Crippen LogP contribution in [-0.4, -0.2) is 38.5 Å². The summed E-state index contributed by atoms with van der Waals surface area (Å²) in [6.45, 7) is 6.44. The van der Waals surface area contributed by atoms with Gasteiger partial charge in [0.15, 0.2) is 0 Å². The van der Waals surface area contributed by atoms with E-state index in [4.69, 9.17) is 9.47 Å². The van der Waals surface area contributed by atoms with Gasteiger partial charge in [0.05, 0.1) is 18.2 Å². The summed E-state index contributed by atoms with van der Waals surface area (Å²) < 4.78 is 11.5. The highest BCUT2D eigenvalue weighted by Crippen LogP contribution is 2.36. The molecule has 0 radical (unpaired) electrons. The van der Waals surface area contributed by atoms with Crippen LogP contribution in [0.25, 0.3) is 0 Å². The van der Waals surface area contributed by atoms with E-state index in [2.05, 4.69) is 12.2 Å². The number of likely N-dealkylation sites (N-methyl/N-ethyl adjacent to an activating group) is 1. The molecule has 0 aromatic heterocycles. The largest absolute Gasteiger partial charge is 0.380 e. The zero-order valence-electron chi connectivity index (χ0n) is 10.3. The van der Waals surface area contributed by atoms with Crippen LogP contribution in [0.2, 0.25) is 0 Å². The van der Waals surface area contributed by atoms with E-state index in [9.17, 15) is 0 Å². The normalized spacial score (nSPS) is 21.8. The van der Waals surface area contributed by atoms with E-state index in [0.717, 1.165) is 19.8 Å². The van der Waals surface area contributed by atoms with Crippen molar-refractivity contribution in [3.63, 3.8) is 0 Å². The van der Waals surface area contributed by atoms with E-state index in [1.54, 1.807) is 0 Å². The molecule has 0 amide bonds. The molecule has 1 rings (SSSR count). The third-order valence-electron chi connectivity index (χ3n) is 3.35. The molecule has 0 spiro atoms. The number of nitrogens with one attached hydrogen (secondary N) is 1.